The molecular weight excluding hydrogens is 754 g/mol. The van der Waals surface area contributed by atoms with E-state index in [0.717, 1.165) is 148 Å². The van der Waals surface area contributed by atoms with E-state index < -0.39 is 0 Å². The van der Waals surface area contributed by atoms with Crippen molar-refractivity contribution in [3.05, 3.63) is 96.6 Å². The van der Waals surface area contributed by atoms with E-state index in [1.165, 1.54) is 0 Å². The molecule has 0 amide bonds. The molecule has 15 nitrogen and oxygen atoms in total. The molecule has 2 aliphatic heterocycles. The van der Waals surface area contributed by atoms with Crippen molar-refractivity contribution in [1.29, 1.82) is 0 Å². The van der Waals surface area contributed by atoms with Gasteiger partial charge in [-0.15, -0.1) is 5.10 Å². The van der Waals surface area contributed by atoms with Crippen LogP contribution in [0.15, 0.2) is 85.8 Å². The van der Waals surface area contributed by atoms with Gasteiger partial charge in [-0.05, 0) is 67.3 Å². The first-order valence-corrected chi connectivity index (χ1v) is 20.4. The SMILES string of the molecule is CCc1cnnc(Nc2ccc3ncc(-c4cnn(CCCN5CCOCC5)c4)cc3n2)c1.Clc1ccc2ncc(-c3cnn(CCCN4CCOCC4)c3)cc2n1. The molecule has 0 spiro atoms. The van der Waals surface area contributed by atoms with Crippen molar-refractivity contribution in [2.24, 2.45) is 0 Å². The molecule has 7 aromatic rings. The minimum atomic E-state index is 0.477. The number of ether oxygens (including phenoxy) is 2. The summed E-state index contributed by atoms with van der Waals surface area (Å²) >= 11 is 5.98. The van der Waals surface area contributed by atoms with Crippen LogP contribution >= 0.6 is 11.6 Å². The molecule has 2 aliphatic rings. The van der Waals surface area contributed by atoms with Crippen molar-refractivity contribution in [3.63, 3.8) is 0 Å². The number of fused-ring (bicyclic) bond motifs is 2. The highest BCUT2D eigenvalue weighted by Crippen LogP contribution is 2.25. The van der Waals surface area contributed by atoms with Crippen LogP contribution in [0.1, 0.15) is 25.3 Å². The van der Waals surface area contributed by atoms with Crippen molar-refractivity contribution in [2.75, 3.05) is 71.0 Å². The molecule has 2 fully saturated rings. The monoisotopic (exact) mass is 801 g/mol. The number of anilines is 2. The summed E-state index contributed by atoms with van der Waals surface area (Å²) in [6.07, 6.45) is 16.5. The van der Waals surface area contributed by atoms with Gasteiger partial charge in [-0.25, -0.2) is 9.97 Å². The molecule has 0 bridgehead atoms. The lowest BCUT2D eigenvalue weighted by atomic mass is 10.1. The van der Waals surface area contributed by atoms with Crippen LogP contribution in [0.4, 0.5) is 11.6 Å². The normalized spacial score (nSPS) is 15.1. The van der Waals surface area contributed by atoms with Crippen LogP contribution < -0.4 is 5.32 Å². The summed E-state index contributed by atoms with van der Waals surface area (Å²) in [4.78, 5) is 23.0. The molecule has 0 saturated carbocycles. The van der Waals surface area contributed by atoms with Gasteiger partial charge in [0.1, 0.15) is 11.0 Å². The van der Waals surface area contributed by atoms with E-state index in [1.54, 1.807) is 12.3 Å². The summed E-state index contributed by atoms with van der Waals surface area (Å²) in [7, 11) is 0. The average molecular weight is 802 g/mol. The molecule has 9 rings (SSSR count). The molecular formula is C42H48ClN13O2. The van der Waals surface area contributed by atoms with Gasteiger partial charge in [0.05, 0.1) is 67.1 Å². The number of aryl methyl sites for hydroxylation is 3. The minimum Gasteiger partial charge on any atom is -0.379 e. The molecule has 0 radical (unpaired) electrons. The first-order valence-electron chi connectivity index (χ1n) is 20.0. The van der Waals surface area contributed by atoms with Gasteiger partial charge in [-0.2, -0.15) is 15.3 Å². The number of hydrogen-bond acceptors (Lipinski definition) is 13. The number of pyridine rings is 4. The molecule has 0 atom stereocenters. The van der Waals surface area contributed by atoms with Gasteiger partial charge in [-0.1, -0.05) is 18.5 Å². The zero-order valence-electron chi connectivity index (χ0n) is 32.8. The van der Waals surface area contributed by atoms with Crippen LogP contribution in [0.25, 0.3) is 44.3 Å². The number of hydrogen-bond donors (Lipinski definition) is 1. The maximum Gasteiger partial charge on any atom is 0.154 e. The lowest BCUT2D eigenvalue weighted by Gasteiger charge is -2.26. The second kappa shape index (κ2) is 19.3. The summed E-state index contributed by atoms with van der Waals surface area (Å²) in [5, 5.41) is 20.9. The Morgan fingerprint density at radius 1 is 0.603 bits per heavy atom. The van der Waals surface area contributed by atoms with E-state index in [-0.39, 0.29) is 0 Å². The zero-order chi connectivity index (χ0) is 39.5. The predicted molar refractivity (Wildman–Crippen MR) is 225 cm³/mol. The Kier molecular flexibility index (Phi) is 13.1. The van der Waals surface area contributed by atoms with Crippen LogP contribution in [-0.4, -0.2) is 125 Å². The van der Waals surface area contributed by atoms with Crippen molar-refractivity contribution in [1.82, 2.24) is 59.5 Å². The van der Waals surface area contributed by atoms with Crippen LogP contribution in [0.2, 0.25) is 5.15 Å². The fraction of sp³-hybridized carbons (Fsp3) is 0.381. The minimum absolute atomic E-state index is 0.477. The van der Waals surface area contributed by atoms with Crippen LogP contribution in [0, 0.1) is 0 Å². The first kappa shape index (κ1) is 39.4. The molecule has 58 heavy (non-hydrogen) atoms. The van der Waals surface area contributed by atoms with Crippen LogP contribution in [0.5, 0.6) is 0 Å². The highest BCUT2D eigenvalue weighted by molar-refractivity contribution is 6.29. The third-order valence-electron chi connectivity index (χ3n) is 10.3. The van der Waals surface area contributed by atoms with Crippen molar-refractivity contribution in [2.45, 2.75) is 39.3 Å². The van der Waals surface area contributed by atoms with E-state index in [1.807, 2.05) is 64.5 Å². The quantitative estimate of drug-likeness (QED) is 0.132. The van der Waals surface area contributed by atoms with Gasteiger partial charge < -0.3 is 14.8 Å². The second-order valence-electron chi connectivity index (χ2n) is 14.4. The van der Waals surface area contributed by atoms with Crippen molar-refractivity contribution >= 4 is 45.3 Å². The molecule has 16 heteroatoms. The van der Waals surface area contributed by atoms with E-state index >= 15 is 0 Å². The van der Waals surface area contributed by atoms with E-state index in [4.69, 9.17) is 26.1 Å². The highest BCUT2D eigenvalue weighted by atomic mass is 35.5. The molecule has 300 valence electrons. The number of rotatable bonds is 13. The second-order valence-corrected chi connectivity index (χ2v) is 14.8. The summed E-state index contributed by atoms with van der Waals surface area (Å²) in [5.74, 6) is 1.39. The number of morpholine rings is 2. The van der Waals surface area contributed by atoms with Gasteiger partial charge in [0.2, 0.25) is 0 Å². The fourth-order valence-corrected chi connectivity index (χ4v) is 7.15. The number of halogens is 1. The number of nitrogens with one attached hydrogen (secondary N) is 1. The topological polar surface area (TPSA) is 150 Å². The summed E-state index contributed by atoms with van der Waals surface area (Å²) < 4.78 is 14.8. The largest absolute Gasteiger partial charge is 0.379 e. The van der Waals surface area contributed by atoms with E-state index in [9.17, 15) is 0 Å². The third-order valence-corrected chi connectivity index (χ3v) is 10.5. The molecule has 1 N–H and O–H groups in total. The van der Waals surface area contributed by atoms with Crippen LogP contribution in [-0.2, 0) is 29.0 Å². The third kappa shape index (κ3) is 10.5. The van der Waals surface area contributed by atoms with Crippen molar-refractivity contribution < 1.29 is 9.47 Å². The molecule has 0 aliphatic carbocycles. The molecule has 2 saturated heterocycles. The lowest BCUT2D eigenvalue weighted by Crippen LogP contribution is -2.37. The van der Waals surface area contributed by atoms with Gasteiger partial charge in [0.15, 0.2) is 5.82 Å². The Hall–Kier alpha value is -5.45. The smallest absolute Gasteiger partial charge is 0.154 e. The number of aromatic nitrogens is 10. The zero-order valence-corrected chi connectivity index (χ0v) is 33.5. The number of nitrogens with zero attached hydrogens (tertiary/aromatic N) is 12. The standard InChI is InChI=1S/C24H28N8O.C18H20ClN5O/c1-2-18-12-24(30-26-14-18)29-23-5-4-21-22(28-23)13-19(15-25-21)20-16-27-32(17-20)7-3-6-31-8-10-33-11-9-31;19-18-3-2-16-17(22-18)10-14(11-20-16)15-12-21-24(13-15)5-1-4-23-6-8-25-9-7-23/h4-5,12-17H,2-3,6-11H2,1H3,(H,28,29,30);2-3,10-13H,1,4-9H2. The van der Waals surface area contributed by atoms with Crippen LogP contribution in [0.3, 0.4) is 0 Å². The summed E-state index contributed by atoms with van der Waals surface area (Å²) in [6.45, 7) is 13.5. The summed E-state index contributed by atoms with van der Waals surface area (Å²) in [6, 6.07) is 13.5. The Morgan fingerprint density at radius 3 is 1.76 bits per heavy atom. The summed E-state index contributed by atoms with van der Waals surface area (Å²) in [5.41, 5.74) is 8.50. The lowest BCUT2D eigenvalue weighted by molar-refractivity contribution is 0.0367. The van der Waals surface area contributed by atoms with Crippen molar-refractivity contribution in [3.8, 4) is 22.3 Å². The highest BCUT2D eigenvalue weighted by Gasteiger charge is 2.12. The predicted octanol–water partition coefficient (Wildman–Crippen LogP) is 6.18. The average Bonchev–Trinajstić information content (AvgIpc) is 3.95. The Balaban J connectivity index is 0.000000168. The Labute approximate surface area is 342 Å². The molecule has 7 aromatic heterocycles. The van der Waals surface area contributed by atoms with E-state index in [2.05, 4.69) is 75.8 Å². The Morgan fingerprint density at radius 2 is 1.17 bits per heavy atom. The fourth-order valence-electron chi connectivity index (χ4n) is 7.00. The molecule has 0 aromatic carbocycles. The van der Waals surface area contributed by atoms with Gasteiger partial charge in [-0.3, -0.25) is 29.1 Å². The van der Waals surface area contributed by atoms with Gasteiger partial charge in [0, 0.05) is 99.4 Å². The van der Waals surface area contributed by atoms with Gasteiger partial charge >= 0.3 is 0 Å². The Bertz CT molecular complexity index is 2410. The molecule has 9 heterocycles. The maximum atomic E-state index is 5.98. The first-order chi connectivity index (χ1) is 28.5. The van der Waals surface area contributed by atoms with E-state index in [0.29, 0.717) is 16.8 Å². The maximum absolute atomic E-state index is 5.98. The molecule has 0 unspecified atom stereocenters. The van der Waals surface area contributed by atoms with Gasteiger partial charge in [0.25, 0.3) is 0 Å².